The fraction of sp³-hybridized carbons (Fsp3) is 0.538. The number of methoxy groups -OCH3 is 1. The standard InChI is InChI=1S/C26H38Cl2N2O2.2ClH/c1-4-6-14-30(15-7-5-2)16-8-13-29-19-21-9-12-25(26(17-21)31-3)32-20-22-10-11-23(27)18-24(22)28;;/h9-12,17-18,29H,4-8,13-16,19-20H2,1-3H3;2*1H. The van der Waals surface area contributed by atoms with E-state index in [-0.39, 0.29) is 24.8 Å². The Bertz CT molecular complexity index is 800. The number of rotatable bonds is 16. The maximum atomic E-state index is 6.24. The lowest BCUT2D eigenvalue weighted by atomic mass is 10.2. The Kier molecular flexibility index (Phi) is 18.8. The Morgan fingerprint density at radius 2 is 1.53 bits per heavy atom. The summed E-state index contributed by atoms with van der Waals surface area (Å²) >= 11 is 12.2. The Balaban J connectivity index is 0.00000544. The number of hydrogen-bond donors (Lipinski definition) is 1. The van der Waals surface area contributed by atoms with Crippen molar-refractivity contribution < 1.29 is 9.47 Å². The van der Waals surface area contributed by atoms with Gasteiger partial charge in [-0.25, -0.2) is 0 Å². The Morgan fingerprint density at radius 3 is 2.15 bits per heavy atom. The Hall–Kier alpha value is -0.880. The molecule has 0 fully saturated rings. The summed E-state index contributed by atoms with van der Waals surface area (Å²) < 4.78 is 11.5. The van der Waals surface area contributed by atoms with Crippen LogP contribution in [0.15, 0.2) is 36.4 Å². The van der Waals surface area contributed by atoms with Gasteiger partial charge < -0.3 is 19.7 Å². The molecule has 0 atom stereocenters. The van der Waals surface area contributed by atoms with Gasteiger partial charge >= 0.3 is 0 Å². The SMILES string of the molecule is CCCCN(CCCC)CCCNCc1ccc(OCc2ccc(Cl)cc2Cl)c(OC)c1.Cl.Cl. The summed E-state index contributed by atoms with van der Waals surface area (Å²) in [5, 5.41) is 4.77. The summed E-state index contributed by atoms with van der Waals surface area (Å²) in [5.74, 6) is 1.42. The van der Waals surface area contributed by atoms with Gasteiger partial charge in [-0.3, -0.25) is 0 Å². The van der Waals surface area contributed by atoms with Gasteiger partial charge in [0.15, 0.2) is 11.5 Å². The van der Waals surface area contributed by atoms with Gasteiger partial charge in [0, 0.05) is 22.2 Å². The molecule has 194 valence electrons. The molecule has 1 N–H and O–H groups in total. The molecule has 0 spiro atoms. The monoisotopic (exact) mass is 552 g/mol. The second-order valence-corrected chi connectivity index (χ2v) is 8.93. The van der Waals surface area contributed by atoms with E-state index in [1.807, 2.05) is 24.3 Å². The average molecular weight is 554 g/mol. The van der Waals surface area contributed by atoms with E-state index in [9.17, 15) is 0 Å². The van der Waals surface area contributed by atoms with Crippen LogP contribution in [0.5, 0.6) is 11.5 Å². The van der Waals surface area contributed by atoms with Crippen LogP contribution in [0.2, 0.25) is 10.0 Å². The summed E-state index contributed by atoms with van der Waals surface area (Å²) in [4.78, 5) is 2.61. The zero-order valence-electron chi connectivity index (χ0n) is 20.6. The smallest absolute Gasteiger partial charge is 0.161 e. The molecule has 0 saturated heterocycles. The number of ether oxygens (including phenoxy) is 2. The van der Waals surface area contributed by atoms with Crippen LogP contribution in [0.1, 0.15) is 57.1 Å². The van der Waals surface area contributed by atoms with Crippen molar-refractivity contribution in [2.24, 2.45) is 0 Å². The van der Waals surface area contributed by atoms with Gasteiger partial charge in [-0.1, -0.05) is 62.0 Å². The minimum Gasteiger partial charge on any atom is -0.493 e. The molecule has 2 aromatic carbocycles. The van der Waals surface area contributed by atoms with Gasteiger partial charge in [-0.15, -0.1) is 24.8 Å². The van der Waals surface area contributed by atoms with Crippen molar-refractivity contribution in [3.8, 4) is 11.5 Å². The van der Waals surface area contributed by atoms with Crippen molar-refractivity contribution >= 4 is 48.0 Å². The van der Waals surface area contributed by atoms with Crippen molar-refractivity contribution in [2.75, 3.05) is 33.3 Å². The quantitative estimate of drug-likeness (QED) is 0.215. The molecular weight excluding hydrogens is 514 g/mol. The predicted octanol–water partition coefficient (Wildman–Crippen LogP) is 7.81. The molecule has 34 heavy (non-hydrogen) atoms. The second-order valence-electron chi connectivity index (χ2n) is 8.09. The molecule has 0 saturated carbocycles. The first kappa shape index (κ1) is 33.1. The normalized spacial score (nSPS) is 10.5. The van der Waals surface area contributed by atoms with E-state index in [1.165, 1.54) is 44.3 Å². The second kappa shape index (κ2) is 19.3. The fourth-order valence-corrected chi connectivity index (χ4v) is 3.96. The van der Waals surface area contributed by atoms with Gasteiger partial charge in [0.2, 0.25) is 0 Å². The molecule has 0 amide bonds. The minimum absolute atomic E-state index is 0. The van der Waals surface area contributed by atoms with Gasteiger partial charge in [0.05, 0.1) is 7.11 Å². The van der Waals surface area contributed by atoms with Crippen LogP contribution in [-0.2, 0) is 13.2 Å². The number of halogens is 4. The molecule has 0 aliphatic carbocycles. The molecule has 0 aromatic heterocycles. The average Bonchev–Trinajstić information content (AvgIpc) is 2.79. The first-order valence-electron chi connectivity index (χ1n) is 11.7. The predicted molar refractivity (Wildman–Crippen MR) is 151 cm³/mol. The molecule has 2 rings (SSSR count). The van der Waals surface area contributed by atoms with Gasteiger partial charge in [-0.05, 0) is 75.3 Å². The van der Waals surface area contributed by atoms with Crippen LogP contribution in [0.3, 0.4) is 0 Å². The van der Waals surface area contributed by atoms with Crippen molar-refractivity contribution in [1.29, 1.82) is 0 Å². The maximum absolute atomic E-state index is 6.24. The Labute approximate surface area is 228 Å². The highest BCUT2D eigenvalue weighted by Crippen LogP contribution is 2.30. The lowest BCUT2D eigenvalue weighted by Gasteiger charge is -2.22. The van der Waals surface area contributed by atoms with E-state index in [2.05, 4.69) is 30.1 Å². The molecular formula is C26H40Cl4N2O2. The van der Waals surface area contributed by atoms with Gasteiger partial charge in [0.25, 0.3) is 0 Å². The first-order chi connectivity index (χ1) is 15.6. The zero-order valence-corrected chi connectivity index (χ0v) is 23.7. The summed E-state index contributed by atoms with van der Waals surface area (Å²) in [6.07, 6.45) is 6.25. The van der Waals surface area contributed by atoms with E-state index in [1.54, 1.807) is 13.2 Å². The summed E-state index contributed by atoms with van der Waals surface area (Å²) in [6.45, 7) is 10.3. The third kappa shape index (κ3) is 12.2. The van der Waals surface area contributed by atoms with Crippen LogP contribution in [-0.4, -0.2) is 38.2 Å². The van der Waals surface area contributed by atoms with Crippen LogP contribution in [0.4, 0.5) is 0 Å². The summed E-state index contributed by atoms with van der Waals surface area (Å²) in [6, 6.07) is 11.5. The largest absolute Gasteiger partial charge is 0.493 e. The van der Waals surface area contributed by atoms with Crippen molar-refractivity contribution in [3.63, 3.8) is 0 Å². The number of hydrogen-bond acceptors (Lipinski definition) is 4. The fourth-order valence-electron chi connectivity index (χ4n) is 3.49. The van der Waals surface area contributed by atoms with E-state index >= 15 is 0 Å². The highest BCUT2D eigenvalue weighted by molar-refractivity contribution is 6.35. The van der Waals surface area contributed by atoms with Crippen molar-refractivity contribution in [1.82, 2.24) is 10.2 Å². The van der Waals surface area contributed by atoms with E-state index < -0.39 is 0 Å². The van der Waals surface area contributed by atoms with E-state index in [0.717, 1.165) is 37.4 Å². The number of unbranched alkanes of at least 4 members (excludes halogenated alkanes) is 2. The lowest BCUT2D eigenvalue weighted by molar-refractivity contribution is 0.261. The highest BCUT2D eigenvalue weighted by Gasteiger charge is 2.09. The topological polar surface area (TPSA) is 33.7 Å². The van der Waals surface area contributed by atoms with E-state index in [0.29, 0.717) is 22.4 Å². The highest BCUT2D eigenvalue weighted by atomic mass is 35.5. The lowest BCUT2D eigenvalue weighted by Crippen LogP contribution is -2.29. The molecule has 0 unspecified atom stereocenters. The molecule has 0 bridgehead atoms. The van der Waals surface area contributed by atoms with Crippen LogP contribution >= 0.6 is 48.0 Å². The molecule has 2 aromatic rings. The molecule has 0 aliphatic rings. The van der Waals surface area contributed by atoms with Crippen molar-refractivity contribution in [2.45, 2.75) is 59.1 Å². The van der Waals surface area contributed by atoms with Crippen LogP contribution in [0, 0.1) is 0 Å². The zero-order chi connectivity index (χ0) is 23.2. The minimum atomic E-state index is 0. The van der Waals surface area contributed by atoms with Gasteiger partial charge in [-0.2, -0.15) is 0 Å². The van der Waals surface area contributed by atoms with Crippen LogP contribution in [0.25, 0.3) is 0 Å². The molecule has 0 aliphatic heterocycles. The van der Waals surface area contributed by atoms with Gasteiger partial charge in [0.1, 0.15) is 6.61 Å². The summed E-state index contributed by atoms with van der Waals surface area (Å²) in [7, 11) is 1.66. The molecule has 0 heterocycles. The number of nitrogens with zero attached hydrogens (tertiary/aromatic N) is 1. The first-order valence-corrected chi connectivity index (χ1v) is 12.5. The van der Waals surface area contributed by atoms with Crippen molar-refractivity contribution in [3.05, 3.63) is 57.6 Å². The maximum Gasteiger partial charge on any atom is 0.161 e. The molecule has 8 heteroatoms. The third-order valence-electron chi connectivity index (χ3n) is 5.44. The van der Waals surface area contributed by atoms with Crippen LogP contribution < -0.4 is 14.8 Å². The molecule has 4 nitrogen and oxygen atoms in total. The number of nitrogens with one attached hydrogen (secondary N) is 1. The molecule has 0 radical (unpaired) electrons. The third-order valence-corrected chi connectivity index (χ3v) is 6.03. The Morgan fingerprint density at radius 1 is 0.853 bits per heavy atom. The van der Waals surface area contributed by atoms with E-state index in [4.69, 9.17) is 32.7 Å². The summed E-state index contributed by atoms with van der Waals surface area (Å²) in [5.41, 5.74) is 2.06. The number of benzene rings is 2.